The lowest BCUT2D eigenvalue weighted by Gasteiger charge is -2.35. The number of fused-ring (bicyclic) bond motifs is 21. The summed E-state index contributed by atoms with van der Waals surface area (Å²) in [5.74, 6) is 0. The van der Waals surface area contributed by atoms with Crippen molar-refractivity contribution in [2.75, 3.05) is 4.90 Å². The number of rotatable bonds is 5. The second-order valence-corrected chi connectivity index (χ2v) is 19.8. The summed E-state index contributed by atoms with van der Waals surface area (Å²) >= 11 is 0. The zero-order chi connectivity index (χ0) is 47.1. The molecule has 2 heteroatoms. The minimum atomic E-state index is -0.601. The summed E-state index contributed by atoms with van der Waals surface area (Å²) < 4.78 is 2.40. The zero-order valence-corrected chi connectivity index (χ0v) is 39.3. The first-order valence-electron chi connectivity index (χ1n) is 25.2. The molecule has 334 valence electrons. The van der Waals surface area contributed by atoms with Crippen LogP contribution in [0.25, 0.3) is 72.0 Å². The average Bonchev–Trinajstić information content (AvgIpc) is 4.22. The number of allylic oxidation sites excluding steroid dienone is 2. The molecule has 4 aliphatic rings. The van der Waals surface area contributed by atoms with E-state index in [0.29, 0.717) is 0 Å². The molecule has 72 heavy (non-hydrogen) atoms. The zero-order valence-electron chi connectivity index (χ0n) is 39.3. The number of aromatic nitrogens is 1. The molecule has 0 atom stereocenters. The van der Waals surface area contributed by atoms with Gasteiger partial charge in [0.2, 0.25) is 0 Å². The van der Waals surface area contributed by atoms with Crippen molar-refractivity contribution in [1.29, 1.82) is 0 Å². The van der Waals surface area contributed by atoms with Crippen LogP contribution in [0.1, 0.15) is 44.5 Å². The van der Waals surface area contributed by atoms with Crippen molar-refractivity contribution in [3.8, 4) is 39.1 Å². The van der Waals surface area contributed by atoms with E-state index >= 15 is 0 Å². The molecule has 0 fully saturated rings. The lowest BCUT2D eigenvalue weighted by Crippen LogP contribution is -2.28. The molecule has 0 amide bonds. The van der Waals surface area contributed by atoms with E-state index < -0.39 is 10.8 Å². The number of hydrogen-bond donors (Lipinski definition) is 0. The molecule has 0 aliphatic heterocycles. The normalized spacial score (nSPS) is 14.6. The summed E-state index contributed by atoms with van der Waals surface area (Å²) in [5, 5.41) is 2.44. The fraction of sp³-hybridized carbons (Fsp3) is 0.0286. The molecule has 4 aliphatic carbocycles. The Hall–Kier alpha value is -9.24. The predicted octanol–water partition coefficient (Wildman–Crippen LogP) is 17.5. The van der Waals surface area contributed by atoms with Crippen molar-refractivity contribution in [2.24, 2.45) is 0 Å². The minimum Gasteiger partial charge on any atom is -0.310 e. The Bertz CT molecular complexity index is 4180. The number of hydrogen-bond acceptors (Lipinski definition) is 1. The Morgan fingerprint density at radius 3 is 1.26 bits per heavy atom. The third-order valence-electron chi connectivity index (χ3n) is 16.6. The van der Waals surface area contributed by atoms with Gasteiger partial charge in [-0.3, -0.25) is 0 Å². The van der Waals surface area contributed by atoms with Crippen LogP contribution in [0.15, 0.2) is 267 Å². The summed E-state index contributed by atoms with van der Waals surface area (Å²) in [6.07, 6.45) is 0. The molecule has 12 aromatic rings. The maximum Gasteiger partial charge on any atom is 0.0729 e. The Morgan fingerprint density at radius 2 is 0.667 bits per heavy atom. The monoisotopic (exact) mass is 912 g/mol. The third kappa shape index (κ3) is 4.98. The Labute approximate surface area is 418 Å². The first-order valence-corrected chi connectivity index (χ1v) is 25.2. The van der Waals surface area contributed by atoms with Crippen LogP contribution in [-0.4, -0.2) is 4.57 Å². The quantitative estimate of drug-likeness (QED) is 0.167. The third-order valence-corrected chi connectivity index (χ3v) is 16.6. The maximum atomic E-state index is 2.57. The molecular formula is C70H44N2. The summed E-state index contributed by atoms with van der Waals surface area (Å²) in [6.45, 7) is 0. The van der Waals surface area contributed by atoms with Crippen LogP contribution in [0.5, 0.6) is 0 Å². The van der Waals surface area contributed by atoms with Crippen molar-refractivity contribution < 1.29 is 0 Å². The highest BCUT2D eigenvalue weighted by molar-refractivity contribution is 6.20. The first kappa shape index (κ1) is 39.6. The molecule has 0 saturated heterocycles. The standard InChI is InChI=1S/C70H44N2/c1-3-19-45(20-4-1)46-35-37-48(38-36-46)71(49-40-42-66-58(43-49)55-27-12-18-34-65(55)72(66)47-21-5-2-6-22-47)50-39-41-57-64(44-50)70(61-31-15-9-25-53(61)54-26-10-16-32-62(54)70)67-56-28-11-17-33-63(56)69(68(57)67)59-29-13-7-23-51(59)52-24-8-14-30-60(52)69/h1-44H. The second kappa shape index (κ2) is 14.6. The van der Waals surface area contributed by atoms with E-state index in [4.69, 9.17) is 0 Å². The van der Waals surface area contributed by atoms with Gasteiger partial charge >= 0.3 is 0 Å². The van der Waals surface area contributed by atoms with E-state index in [-0.39, 0.29) is 0 Å². The topological polar surface area (TPSA) is 8.17 Å². The average molecular weight is 913 g/mol. The van der Waals surface area contributed by atoms with Crippen molar-refractivity contribution in [2.45, 2.75) is 10.8 Å². The molecule has 1 aromatic heterocycles. The predicted molar refractivity (Wildman–Crippen MR) is 298 cm³/mol. The van der Waals surface area contributed by atoms with Crippen molar-refractivity contribution in [1.82, 2.24) is 4.57 Å². The van der Waals surface area contributed by atoms with Gasteiger partial charge in [-0.15, -0.1) is 0 Å². The van der Waals surface area contributed by atoms with E-state index in [2.05, 4.69) is 276 Å². The van der Waals surface area contributed by atoms with Crippen LogP contribution in [0, 0.1) is 0 Å². The summed E-state index contributed by atoms with van der Waals surface area (Å²) in [4.78, 5) is 2.50. The highest BCUT2D eigenvalue weighted by atomic mass is 15.1. The fourth-order valence-electron chi connectivity index (χ4n) is 14.0. The molecule has 0 unspecified atom stereocenters. The molecule has 2 nitrogen and oxygen atoms in total. The van der Waals surface area contributed by atoms with E-state index in [1.165, 1.54) is 111 Å². The number of para-hydroxylation sites is 2. The lowest BCUT2D eigenvalue weighted by molar-refractivity contribution is 0.826. The van der Waals surface area contributed by atoms with Gasteiger partial charge in [0.05, 0.1) is 21.9 Å². The number of benzene rings is 11. The van der Waals surface area contributed by atoms with Gasteiger partial charge in [0.15, 0.2) is 0 Å². The van der Waals surface area contributed by atoms with Gasteiger partial charge in [0.25, 0.3) is 0 Å². The molecule has 0 bridgehead atoms. The molecule has 1 heterocycles. The van der Waals surface area contributed by atoms with Crippen LogP contribution in [0.2, 0.25) is 0 Å². The molecule has 0 N–H and O–H groups in total. The highest BCUT2D eigenvalue weighted by Gasteiger charge is 2.63. The molecule has 0 saturated carbocycles. The molecule has 2 spiro atoms. The van der Waals surface area contributed by atoms with Crippen molar-refractivity contribution >= 4 is 50.0 Å². The SMILES string of the molecule is c1ccc(-c2ccc(N(c3ccc4c(c3)C3(C5=C4C4(c6ccccc65)c5ccccc5-c5ccccc54)c4ccccc4-c4ccccc43)c3ccc4c(c3)c3ccccc3n4-c3ccccc3)cc2)cc1. The summed E-state index contributed by atoms with van der Waals surface area (Å²) in [6, 6.07) is 100. The van der Waals surface area contributed by atoms with Gasteiger partial charge in [0.1, 0.15) is 0 Å². The molecule has 0 radical (unpaired) electrons. The highest BCUT2D eigenvalue weighted by Crippen LogP contribution is 2.74. The van der Waals surface area contributed by atoms with Crippen molar-refractivity contribution in [3.63, 3.8) is 0 Å². The van der Waals surface area contributed by atoms with Gasteiger partial charge < -0.3 is 9.47 Å². The summed E-state index contributed by atoms with van der Waals surface area (Å²) in [5.41, 5.74) is 26.9. The fourth-order valence-corrected chi connectivity index (χ4v) is 14.0. The van der Waals surface area contributed by atoms with Gasteiger partial charge in [-0.05, 0) is 150 Å². The molecular weight excluding hydrogens is 869 g/mol. The summed E-state index contributed by atoms with van der Waals surface area (Å²) in [7, 11) is 0. The van der Waals surface area contributed by atoms with Crippen LogP contribution in [-0.2, 0) is 10.8 Å². The van der Waals surface area contributed by atoms with Crippen LogP contribution in [0.4, 0.5) is 17.1 Å². The minimum absolute atomic E-state index is 0.518. The molecule has 11 aromatic carbocycles. The van der Waals surface area contributed by atoms with Gasteiger partial charge in [-0.2, -0.15) is 0 Å². The van der Waals surface area contributed by atoms with E-state index in [1.807, 2.05) is 0 Å². The van der Waals surface area contributed by atoms with E-state index in [1.54, 1.807) is 0 Å². The number of anilines is 3. The van der Waals surface area contributed by atoms with E-state index in [0.717, 1.165) is 22.7 Å². The van der Waals surface area contributed by atoms with Crippen molar-refractivity contribution in [3.05, 3.63) is 311 Å². The van der Waals surface area contributed by atoms with E-state index in [9.17, 15) is 0 Å². The lowest BCUT2D eigenvalue weighted by atomic mass is 9.66. The second-order valence-electron chi connectivity index (χ2n) is 19.8. The maximum absolute atomic E-state index is 2.57. The first-order chi connectivity index (χ1) is 35.7. The van der Waals surface area contributed by atoms with Gasteiger partial charge in [-0.1, -0.05) is 206 Å². The van der Waals surface area contributed by atoms with Crippen LogP contribution in [0.3, 0.4) is 0 Å². The smallest absolute Gasteiger partial charge is 0.0729 e. The van der Waals surface area contributed by atoms with Crippen LogP contribution >= 0.6 is 0 Å². The van der Waals surface area contributed by atoms with Crippen LogP contribution < -0.4 is 4.90 Å². The Morgan fingerprint density at radius 1 is 0.264 bits per heavy atom. The number of nitrogens with zero attached hydrogens (tertiary/aromatic N) is 2. The van der Waals surface area contributed by atoms with Gasteiger partial charge in [-0.25, -0.2) is 0 Å². The van der Waals surface area contributed by atoms with Gasteiger partial charge in [0, 0.05) is 33.5 Å². The largest absolute Gasteiger partial charge is 0.310 e. The Balaban J connectivity index is 0.998. The molecule has 16 rings (SSSR count). The Kier molecular flexibility index (Phi) is 8.05.